The van der Waals surface area contributed by atoms with Crippen LogP contribution in [0.3, 0.4) is 0 Å². The van der Waals surface area contributed by atoms with Gasteiger partial charge in [-0.2, -0.15) is 0 Å². The molecule has 3 nitrogen and oxygen atoms in total. The van der Waals surface area contributed by atoms with Crippen molar-refractivity contribution in [3.05, 3.63) is 33.1 Å². The topological polar surface area (TPSA) is 55.1 Å². The number of nitrogens with one attached hydrogen (secondary N) is 1. The number of amides is 1. The Kier molecular flexibility index (Phi) is 4.55. The summed E-state index contributed by atoms with van der Waals surface area (Å²) in [6.45, 7) is 0. The number of carbonyl (C=O) groups excluding carboxylic acids is 1. The van der Waals surface area contributed by atoms with Gasteiger partial charge >= 0.3 is 0 Å². The van der Waals surface area contributed by atoms with E-state index in [9.17, 15) is 9.18 Å². The lowest BCUT2D eigenvalue weighted by atomic mass is 9.91. The Bertz CT molecular complexity index is 445. The predicted molar refractivity (Wildman–Crippen MR) is 76.8 cm³/mol. The summed E-state index contributed by atoms with van der Waals surface area (Å²) in [6.07, 6.45) is 3.68. The fourth-order valence-corrected chi connectivity index (χ4v) is 2.51. The summed E-state index contributed by atoms with van der Waals surface area (Å²) < 4.78 is 13.9. The van der Waals surface area contributed by atoms with Gasteiger partial charge < -0.3 is 11.1 Å². The van der Waals surface area contributed by atoms with Gasteiger partial charge in [-0.1, -0.05) is 0 Å². The van der Waals surface area contributed by atoms with Crippen LogP contribution in [0.25, 0.3) is 0 Å². The zero-order chi connectivity index (χ0) is 13.1. The van der Waals surface area contributed by atoms with Crippen molar-refractivity contribution in [3.8, 4) is 0 Å². The van der Waals surface area contributed by atoms with Crippen LogP contribution in [0.1, 0.15) is 36.0 Å². The average molecular weight is 362 g/mol. The van der Waals surface area contributed by atoms with Crippen molar-refractivity contribution in [3.63, 3.8) is 0 Å². The normalized spacial score (nSPS) is 23.7. The van der Waals surface area contributed by atoms with Gasteiger partial charge in [0.15, 0.2) is 0 Å². The SMILES string of the molecule is NC1CCC(NC(=O)c2ccc(I)c(F)c2)CC1. The van der Waals surface area contributed by atoms with Crippen LogP contribution in [-0.4, -0.2) is 18.0 Å². The van der Waals surface area contributed by atoms with Crippen LogP contribution >= 0.6 is 22.6 Å². The third-order valence-corrected chi connectivity index (χ3v) is 4.16. The molecule has 1 aromatic rings. The fourth-order valence-electron chi connectivity index (χ4n) is 2.17. The van der Waals surface area contributed by atoms with Crippen LogP contribution in [0.5, 0.6) is 0 Å². The summed E-state index contributed by atoms with van der Waals surface area (Å²) in [6, 6.07) is 4.97. The number of rotatable bonds is 2. The first kappa shape index (κ1) is 13.7. The molecule has 1 aliphatic carbocycles. The molecular formula is C13H16FIN2O. The first-order valence-electron chi connectivity index (χ1n) is 6.08. The van der Waals surface area contributed by atoms with E-state index in [2.05, 4.69) is 5.32 Å². The van der Waals surface area contributed by atoms with E-state index >= 15 is 0 Å². The highest BCUT2D eigenvalue weighted by Gasteiger charge is 2.20. The summed E-state index contributed by atoms with van der Waals surface area (Å²) in [7, 11) is 0. The third-order valence-electron chi connectivity index (χ3n) is 3.29. The minimum absolute atomic E-state index is 0.166. The van der Waals surface area contributed by atoms with E-state index < -0.39 is 0 Å². The summed E-state index contributed by atoms with van der Waals surface area (Å²) in [5.41, 5.74) is 6.19. The van der Waals surface area contributed by atoms with Crippen LogP contribution < -0.4 is 11.1 Å². The zero-order valence-corrected chi connectivity index (χ0v) is 12.1. The Morgan fingerprint density at radius 2 is 2.00 bits per heavy atom. The maximum Gasteiger partial charge on any atom is 0.251 e. The Morgan fingerprint density at radius 3 is 2.61 bits per heavy atom. The molecule has 18 heavy (non-hydrogen) atoms. The van der Waals surface area contributed by atoms with Crippen LogP contribution in [0.4, 0.5) is 4.39 Å². The third kappa shape index (κ3) is 3.41. The average Bonchev–Trinajstić information content (AvgIpc) is 2.35. The lowest BCUT2D eigenvalue weighted by Crippen LogP contribution is -2.40. The molecule has 0 atom stereocenters. The molecule has 1 amide bonds. The monoisotopic (exact) mass is 362 g/mol. The van der Waals surface area contributed by atoms with Crippen molar-refractivity contribution in [2.45, 2.75) is 37.8 Å². The van der Waals surface area contributed by atoms with E-state index in [0.29, 0.717) is 9.13 Å². The first-order valence-corrected chi connectivity index (χ1v) is 7.15. The minimum atomic E-state index is -0.353. The molecule has 1 fully saturated rings. The Hall–Kier alpha value is -0.690. The maximum atomic E-state index is 13.4. The van der Waals surface area contributed by atoms with Gasteiger partial charge in [-0.05, 0) is 66.5 Å². The van der Waals surface area contributed by atoms with Gasteiger partial charge in [0, 0.05) is 21.2 Å². The van der Waals surface area contributed by atoms with Gasteiger partial charge in [-0.15, -0.1) is 0 Å². The Morgan fingerprint density at radius 1 is 1.33 bits per heavy atom. The van der Waals surface area contributed by atoms with Crippen LogP contribution in [0, 0.1) is 9.39 Å². The molecule has 0 saturated heterocycles. The standard InChI is InChI=1S/C13H16FIN2O/c14-11-7-8(1-6-12(11)15)13(18)17-10-4-2-9(16)3-5-10/h1,6-7,9-10H,2-5,16H2,(H,17,18). The zero-order valence-electron chi connectivity index (χ0n) is 9.96. The molecule has 2 rings (SSSR count). The number of benzene rings is 1. The van der Waals surface area contributed by atoms with Gasteiger partial charge in [0.2, 0.25) is 0 Å². The lowest BCUT2D eigenvalue weighted by molar-refractivity contribution is 0.0925. The van der Waals surface area contributed by atoms with Gasteiger partial charge in [0.05, 0.1) is 0 Å². The number of carbonyl (C=O) groups is 1. The molecule has 5 heteroatoms. The van der Waals surface area contributed by atoms with Crippen LogP contribution in [-0.2, 0) is 0 Å². The molecule has 0 aliphatic heterocycles. The molecule has 0 unspecified atom stereocenters. The molecule has 98 valence electrons. The molecule has 1 aromatic carbocycles. The molecule has 0 radical (unpaired) electrons. The second-order valence-electron chi connectivity index (χ2n) is 4.71. The smallest absolute Gasteiger partial charge is 0.251 e. The van der Waals surface area contributed by atoms with Crippen molar-refractivity contribution in [2.75, 3.05) is 0 Å². The second-order valence-corrected chi connectivity index (χ2v) is 5.88. The van der Waals surface area contributed by atoms with E-state index in [1.807, 2.05) is 22.6 Å². The number of halogens is 2. The van der Waals surface area contributed by atoms with E-state index in [1.165, 1.54) is 6.07 Å². The van der Waals surface area contributed by atoms with E-state index in [4.69, 9.17) is 5.73 Å². The summed E-state index contributed by atoms with van der Waals surface area (Å²) >= 11 is 1.90. The van der Waals surface area contributed by atoms with E-state index in [1.54, 1.807) is 12.1 Å². The highest BCUT2D eigenvalue weighted by molar-refractivity contribution is 14.1. The van der Waals surface area contributed by atoms with Crippen molar-refractivity contribution in [1.82, 2.24) is 5.32 Å². The highest BCUT2D eigenvalue weighted by atomic mass is 127. The molecular weight excluding hydrogens is 346 g/mol. The van der Waals surface area contributed by atoms with Crippen LogP contribution in [0.15, 0.2) is 18.2 Å². The molecule has 1 saturated carbocycles. The molecule has 0 bridgehead atoms. The molecule has 3 N–H and O–H groups in total. The lowest BCUT2D eigenvalue weighted by Gasteiger charge is -2.26. The van der Waals surface area contributed by atoms with Crippen molar-refractivity contribution >= 4 is 28.5 Å². The summed E-state index contributed by atoms with van der Waals surface area (Å²) in [5, 5.41) is 2.94. The highest BCUT2D eigenvalue weighted by Crippen LogP contribution is 2.18. The largest absolute Gasteiger partial charge is 0.349 e. The van der Waals surface area contributed by atoms with Crippen molar-refractivity contribution in [2.24, 2.45) is 5.73 Å². The summed E-state index contributed by atoms with van der Waals surface area (Å²) in [5.74, 6) is -0.556. The number of nitrogens with two attached hydrogens (primary N) is 1. The van der Waals surface area contributed by atoms with Gasteiger partial charge in [-0.3, -0.25) is 4.79 Å². The van der Waals surface area contributed by atoms with Gasteiger partial charge in [-0.25, -0.2) is 4.39 Å². The molecule has 0 spiro atoms. The Labute approximate surface area is 119 Å². The van der Waals surface area contributed by atoms with Gasteiger partial charge in [0.1, 0.15) is 5.82 Å². The van der Waals surface area contributed by atoms with E-state index in [0.717, 1.165) is 25.7 Å². The number of hydrogen-bond donors (Lipinski definition) is 2. The molecule has 0 heterocycles. The quantitative estimate of drug-likeness (QED) is 0.794. The molecule has 0 aromatic heterocycles. The number of hydrogen-bond acceptors (Lipinski definition) is 2. The Balaban J connectivity index is 1.97. The maximum absolute atomic E-state index is 13.4. The fraction of sp³-hybridized carbons (Fsp3) is 0.462. The van der Waals surface area contributed by atoms with Crippen LogP contribution in [0.2, 0.25) is 0 Å². The first-order chi connectivity index (χ1) is 8.56. The van der Waals surface area contributed by atoms with Crippen molar-refractivity contribution in [1.29, 1.82) is 0 Å². The van der Waals surface area contributed by atoms with Gasteiger partial charge in [0.25, 0.3) is 5.91 Å². The minimum Gasteiger partial charge on any atom is -0.349 e. The summed E-state index contributed by atoms with van der Waals surface area (Å²) in [4.78, 5) is 11.9. The van der Waals surface area contributed by atoms with Crippen molar-refractivity contribution < 1.29 is 9.18 Å². The molecule has 1 aliphatic rings. The second kappa shape index (κ2) is 5.97. The predicted octanol–water partition coefficient (Wildman–Crippen LogP) is 2.43. The van der Waals surface area contributed by atoms with E-state index in [-0.39, 0.29) is 23.8 Å².